The van der Waals surface area contributed by atoms with Gasteiger partial charge in [0.25, 0.3) is 0 Å². The van der Waals surface area contributed by atoms with Gasteiger partial charge in [-0.25, -0.2) is 8.78 Å². The number of halogens is 8. The van der Waals surface area contributed by atoms with Crippen molar-refractivity contribution in [1.82, 2.24) is 60.0 Å². The second-order valence-corrected chi connectivity index (χ2v) is 32.5. The summed E-state index contributed by atoms with van der Waals surface area (Å²) in [7, 11) is 10.9. The molecule has 33 heteroatoms. The van der Waals surface area contributed by atoms with E-state index in [1.165, 1.54) is 76.0 Å². The number of carbonyl (C=O) groups is 12. The number of nitrogens with one attached hydrogen (secondary N) is 3. The normalized spacial score (nSPS) is 31.8. The number of hydrogen-bond donors (Lipinski definition) is 3. The average molecular weight is 1550 g/mol. The number of nitrogens with zero attached hydrogens (tertiary/aromatic N) is 9. The molecule has 0 aromatic rings. The average Bonchev–Trinajstić information content (AvgIpc) is 1.53. The summed E-state index contributed by atoms with van der Waals surface area (Å²) in [6, 6.07) is -11.2. The monoisotopic (exact) mass is 1550 g/mol. The van der Waals surface area contributed by atoms with Gasteiger partial charge in [-0.2, -0.15) is 26.3 Å². The third-order valence-electron chi connectivity index (χ3n) is 24.2. The predicted octanol–water partition coefficient (Wildman–Crippen LogP) is 6.57. The van der Waals surface area contributed by atoms with Crippen LogP contribution >= 0.6 is 0 Å². The van der Waals surface area contributed by atoms with Gasteiger partial charge in [0.1, 0.15) is 72.1 Å². The van der Waals surface area contributed by atoms with Crippen molar-refractivity contribution in [3.05, 3.63) is 0 Å². The Bertz CT molecular complexity index is 3170. The molecule has 612 valence electrons. The standard InChI is InChI=1S/C75H118F8N12O13/c1-14-44(5)62-70(105)89(9)42-60(98)90(10)53-24-18-21-33-94(69(53)104)57(37-45-25-28-48(29-26-45)74(78,79)80)68(103)88(8)41-58(96)84-52(30-27-46-35-50(76)61(51(77)36-46)75(81,82)83)66(101)95-40-49(108-15-2)38-55(95)65(100)86-73(31-19-20-32-73)72(107)93(13)63(47-22-16-17-23-47)71(106)92(12)56(67(102)87(6)7)39-59(97)91(11)54(34-43(3)4)64(99)85-62/h43-57,61-63H,14-42H2,1-13H3,(H,84,96)(H,85,99)(H,86,100)/t44-,45?,46?,48?,49+,50?,51?,52-,53-,54-,55-,56-,57-,61?,62-,63-/m0/s1. The van der Waals surface area contributed by atoms with Crippen LogP contribution in [0.2, 0.25) is 0 Å². The Hall–Kier alpha value is -6.96. The second kappa shape index (κ2) is 37.8. The molecule has 0 aromatic carbocycles. The fourth-order valence-electron chi connectivity index (χ4n) is 17.6. The summed E-state index contributed by atoms with van der Waals surface area (Å²) in [4.78, 5) is 192. The highest BCUT2D eigenvalue weighted by atomic mass is 19.4. The molecular formula is C75H118F8N12O13. The van der Waals surface area contributed by atoms with E-state index in [1.54, 1.807) is 20.8 Å². The van der Waals surface area contributed by atoms with Crippen LogP contribution in [-0.4, -0.2) is 289 Å². The van der Waals surface area contributed by atoms with Crippen LogP contribution in [0.15, 0.2) is 0 Å². The topological polar surface area (TPSA) is 279 Å². The minimum absolute atomic E-state index is 0.00891. The molecule has 7 aliphatic rings. The summed E-state index contributed by atoms with van der Waals surface area (Å²) in [5, 5.41) is 8.48. The van der Waals surface area contributed by atoms with Gasteiger partial charge in [-0.3, -0.25) is 57.5 Å². The summed E-state index contributed by atoms with van der Waals surface area (Å²) in [5.74, 6) is -16.8. The van der Waals surface area contributed by atoms with Crippen LogP contribution in [0.4, 0.5) is 35.1 Å². The molecule has 4 saturated carbocycles. The van der Waals surface area contributed by atoms with Crippen molar-refractivity contribution in [2.45, 2.75) is 273 Å². The van der Waals surface area contributed by atoms with Crippen LogP contribution in [-0.2, 0) is 62.3 Å². The van der Waals surface area contributed by atoms with Gasteiger partial charge < -0.3 is 64.8 Å². The van der Waals surface area contributed by atoms with Gasteiger partial charge >= 0.3 is 12.4 Å². The zero-order valence-corrected chi connectivity index (χ0v) is 65.3. The fourth-order valence-corrected chi connectivity index (χ4v) is 17.6. The molecule has 7 rings (SSSR count). The molecule has 0 aromatic heterocycles. The number of fused-ring (bicyclic) bond motifs is 3. The van der Waals surface area contributed by atoms with Crippen LogP contribution in [0.5, 0.6) is 0 Å². The predicted molar refractivity (Wildman–Crippen MR) is 381 cm³/mol. The van der Waals surface area contributed by atoms with Crippen molar-refractivity contribution in [2.24, 2.45) is 41.4 Å². The molecule has 1 spiro atoms. The van der Waals surface area contributed by atoms with Gasteiger partial charge in [0.2, 0.25) is 70.9 Å². The van der Waals surface area contributed by atoms with Gasteiger partial charge in [-0.05, 0) is 146 Å². The van der Waals surface area contributed by atoms with E-state index in [-0.39, 0.29) is 103 Å². The number of amides is 12. The van der Waals surface area contributed by atoms with E-state index in [0.29, 0.717) is 51.4 Å². The van der Waals surface area contributed by atoms with Crippen LogP contribution in [0, 0.1) is 41.4 Å². The van der Waals surface area contributed by atoms with E-state index in [2.05, 4.69) is 16.0 Å². The first-order valence-electron chi connectivity index (χ1n) is 38.9. The molecule has 0 radical (unpaired) electrons. The van der Waals surface area contributed by atoms with Crippen LogP contribution < -0.4 is 16.0 Å². The first kappa shape index (κ1) is 88.3. The summed E-state index contributed by atoms with van der Waals surface area (Å²) < 4.78 is 121. The maximum Gasteiger partial charge on any atom is 0.397 e. The van der Waals surface area contributed by atoms with E-state index in [1.807, 2.05) is 13.8 Å². The first-order valence-corrected chi connectivity index (χ1v) is 38.9. The van der Waals surface area contributed by atoms with Gasteiger partial charge in [-0.15, -0.1) is 0 Å². The van der Waals surface area contributed by atoms with Crippen LogP contribution in [0.3, 0.4) is 0 Å². The summed E-state index contributed by atoms with van der Waals surface area (Å²) in [6.45, 7) is 7.02. The minimum Gasteiger partial charge on any atom is -0.377 e. The van der Waals surface area contributed by atoms with Crippen molar-refractivity contribution in [1.29, 1.82) is 0 Å². The maximum absolute atomic E-state index is 15.7. The highest BCUT2D eigenvalue weighted by molar-refractivity contribution is 6.01. The summed E-state index contributed by atoms with van der Waals surface area (Å²) in [6.07, 6.45) is -15.4. The van der Waals surface area contributed by atoms with Crippen molar-refractivity contribution in [3.63, 3.8) is 0 Å². The number of hydrogen-bond acceptors (Lipinski definition) is 13. The Balaban J connectivity index is 1.33. The zero-order chi connectivity index (χ0) is 80.4. The van der Waals surface area contributed by atoms with Crippen molar-refractivity contribution < 1.29 is 97.4 Å². The lowest BCUT2D eigenvalue weighted by Crippen LogP contribution is -2.65. The van der Waals surface area contributed by atoms with Crippen molar-refractivity contribution >= 4 is 70.9 Å². The lowest BCUT2D eigenvalue weighted by molar-refractivity contribution is -0.219. The molecule has 12 amide bonds. The molecule has 2 bridgehead atoms. The second-order valence-electron chi connectivity index (χ2n) is 32.5. The highest BCUT2D eigenvalue weighted by Gasteiger charge is 2.56. The SMILES string of the molecule is CCO[C@@H]1C[C@H]2C(=O)NC3(CCCC3)C(=O)N(C)[C@@H](C3CCCC3)C(=O)N(C)[C@H](C(=O)N(C)C)CC(=O)N(C)[C@@H](CC(C)C)C(=O)N[C@@H]([C@@H](C)CC)C(=O)N(C)CC(=O)N(C)[C@H]3CCCCN(C3=O)[C@@H](CC3CCC(C(F)(F)F)CC3)C(=O)N(C)CC(=O)N[C@@H](CCC3CC(F)C(C(F)(F)F)C(F)C3)C(=O)N2C1. The molecule has 3 N–H and O–H groups in total. The first-order chi connectivity index (χ1) is 50.6. The lowest BCUT2D eigenvalue weighted by atomic mass is 9.76. The quantitative estimate of drug-likeness (QED) is 0.165. The molecular weight excluding hydrogens is 1430 g/mol. The third kappa shape index (κ3) is 21.4. The van der Waals surface area contributed by atoms with Crippen molar-refractivity contribution in [3.8, 4) is 0 Å². The van der Waals surface area contributed by atoms with E-state index >= 15 is 37.5 Å². The fraction of sp³-hybridized carbons (Fsp3) is 0.840. The minimum atomic E-state index is -5.21. The van der Waals surface area contributed by atoms with Crippen molar-refractivity contribution in [2.75, 3.05) is 89.2 Å². The molecule has 3 heterocycles. The Kier molecular flexibility index (Phi) is 30.9. The van der Waals surface area contributed by atoms with E-state index < -0.39 is 230 Å². The number of alkyl halides is 8. The Labute approximate surface area is 630 Å². The largest absolute Gasteiger partial charge is 0.397 e. The van der Waals surface area contributed by atoms with Gasteiger partial charge in [0.05, 0.1) is 31.5 Å². The lowest BCUT2D eigenvalue weighted by Gasteiger charge is -2.42. The molecule has 108 heavy (non-hydrogen) atoms. The summed E-state index contributed by atoms with van der Waals surface area (Å²) >= 11 is 0. The Morgan fingerprint density at radius 1 is 0.602 bits per heavy atom. The van der Waals surface area contributed by atoms with E-state index in [9.17, 15) is 55.1 Å². The molecule has 25 nitrogen and oxygen atoms in total. The molecule has 4 aliphatic carbocycles. The Morgan fingerprint density at radius 2 is 1.20 bits per heavy atom. The number of ether oxygens (including phenoxy) is 1. The van der Waals surface area contributed by atoms with Gasteiger partial charge in [-0.1, -0.05) is 59.8 Å². The molecule has 7 fully saturated rings. The molecule has 12 atom stereocenters. The van der Waals surface area contributed by atoms with Gasteiger partial charge in [0.15, 0.2) is 0 Å². The molecule has 3 saturated heterocycles. The third-order valence-corrected chi connectivity index (χ3v) is 24.2. The number of rotatable bonds is 13. The van der Waals surface area contributed by atoms with Crippen LogP contribution in [0.25, 0.3) is 0 Å². The van der Waals surface area contributed by atoms with E-state index in [0.717, 1.165) is 24.5 Å². The Morgan fingerprint density at radius 3 is 1.77 bits per heavy atom. The molecule has 2 unspecified atom stereocenters. The molecule has 3 aliphatic heterocycles. The summed E-state index contributed by atoms with van der Waals surface area (Å²) in [5.41, 5.74) is -1.72. The zero-order valence-electron chi connectivity index (χ0n) is 65.3. The number of likely N-dealkylation sites (N-methyl/N-ethyl adjacent to an activating group) is 7. The van der Waals surface area contributed by atoms with Gasteiger partial charge in [0, 0.05) is 82.5 Å². The highest BCUT2D eigenvalue weighted by Crippen LogP contribution is 2.46. The number of carbonyl (C=O) groups excluding carboxylic acids is 12. The maximum atomic E-state index is 15.7. The van der Waals surface area contributed by atoms with E-state index in [4.69, 9.17) is 4.74 Å². The smallest absolute Gasteiger partial charge is 0.377 e. The van der Waals surface area contributed by atoms with Crippen LogP contribution in [0.1, 0.15) is 189 Å².